The van der Waals surface area contributed by atoms with Crippen molar-refractivity contribution in [3.8, 4) is 0 Å². The average molecular weight is 322 g/mol. The molecule has 17 heavy (non-hydrogen) atoms. The first-order valence-electron chi connectivity index (χ1n) is 4.74. The summed E-state index contributed by atoms with van der Waals surface area (Å²) in [6.07, 6.45) is 0. The fourth-order valence-corrected chi connectivity index (χ4v) is 3.24. The highest BCUT2D eigenvalue weighted by Gasteiger charge is 2.60. The van der Waals surface area contributed by atoms with Gasteiger partial charge in [-0.15, -0.1) is 0 Å². The summed E-state index contributed by atoms with van der Waals surface area (Å²) in [5.41, 5.74) is 0.0232. The number of halogens is 2. The van der Waals surface area contributed by atoms with Crippen LogP contribution in [0.4, 0.5) is 10.1 Å². The van der Waals surface area contributed by atoms with E-state index in [4.69, 9.17) is 0 Å². The highest BCUT2D eigenvalue weighted by Crippen LogP contribution is 2.39. The Bertz CT molecular complexity index is 612. The second-order valence-electron chi connectivity index (χ2n) is 4.18. The second-order valence-corrected chi connectivity index (χ2v) is 7.37. The normalized spacial score (nSPS) is 21.2. The minimum absolute atomic E-state index is 0.0232. The summed E-state index contributed by atoms with van der Waals surface area (Å²) < 4.78 is 36.4. The standard InChI is InChI=1S/C10H9BrFNO3S/c1-10(2)9(14)13(17(10,15)16)6-3-4-7(11)8(12)5-6/h3-5H,1-2H3. The Balaban J connectivity index is 2.51. The highest BCUT2D eigenvalue weighted by atomic mass is 79.9. The Labute approximate surface area is 107 Å². The molecule has 1 aliphatic rings. The maximum absolute atomic E-state index is 13.3. The van der Waals surface area contributed by atoms with Gasteiger partial charge >= 0.3 is 0 Å². The fourth-order valence-electron chi connectivity index (χ4n) is 1.52. The molecule has 4 nitrogen and oxygen atoms in total. The van der Waals surface area contributed by atoms with E-state index in [2.05, 4.69) is 15.9 Å². The molecule has 2 rings (SSSR count). The van der Waals surface area contributed by atoms with Crippen molar-refractivity contribution in [1.82, 2.24) is 0 Å². The molecule has 0 saturated carbocycles. The molecule has 0 spiro atoms. The zero-order valence-electron chi connectivity index (χ0n) is 9.07. The summed E-state index contributed by atoms with van der Waals surface area (Å²) in [5, 5.41) is 0. The third-order valence-corrected chi connectivity index (χ3v) is 5.69. The summed E-state index contributed by atoms with van der Waals surface area (Å²) in [4.78, 5) is 11.7. The Morgan fingerprint density at radius 3 is 2.41 bits per heavy atom. The number of benzene rings is 1. The number of rotatable bonds is 1. The highest BCUT2D eigenvalue weighted by molar-refractivity contribution is 9.10. The molecule has 0 bridgehead atoms. The van der Waals surface area contributed by atoms with Crippen molar-refractivity contribution in [2.24, 2.45) is 0 Å². The summed E-state index contributed by atoms with van der Waals surface area (Å²) in [5.74, 6) is -1.17. The van der Waals surface area contributed by atoms with E-state index >= 15 is 0 Å². The van der Waals surface area contributed by atoms with Gasteiger partial charge in [0.1, 0.15) is 5.82 Å². The molecule has 0 radical (unpaired) electrons. The van der Waals surface area contributed by atoms with Gasteiger partial charge in [-0.25, -0.2) is 17.1 Å². The second kappa shape index (κ2) is 3.52. The topological polar surface area (TPSA) is 54.5 Å². The van der Waals surface area contributed by atoms with Gasteiger partial charge in [0.25, 0.3) is 15.9 Å². The number of carbonyl (C=O) groups is 1. The third-order valence-electron chi connectivity index (χ3n) is 2.72. The predicted molar refractivity (Wildman–Crippen MR) is 64.6 cm³/mol. The first-order chi connectivity index (χ1) is 7.69. The number of hydrogen-bond donors (Lipinski definition) is 0. The molecule has 0 aliphatic carbocycles. The molecule has 0 N–H and O–H groups in total. The average Bonchev–Trinajstić information content (AvgIpc) is 2.23. The van der Waals surface area contributed by atoms with Crippen molar-refractivity contribution in [1.29, 1.82) is 0 Å². The number of anilines is 1. The number of sulfonamides is 1. The molecular formula is C10H9BrFNO3S. The minimum Gasteiger partial charge on any atom is -0.272 e. The van der Waals surface area contributed by atoms with Crippen molar-refractivity contribution in [3.05, 3.63) is 28.5 Å². The van der Waals surface area contributed by atoms with Gasteiger partial charge in [-0.2, -0.15) is 0 Å². The number of nitrogens with zero attached hydrogens (tertiary/aromatic N) is 1. The van der Waals surface area contributed by atoms with Crippen LogP contribution in [0.25, 0.3) is 0 Å². The molecule has 0 aromatic heterocycles. The Hall–Kier alpha value is -0.950. The summed E-state index contributed by atoms with van der Waals surface area (Å²) in [6, 6.07) is 3.74. The quantitative estimate of drug-likeness (QED) is 0.795. The van der Waals surface area contributed by atoms with Gasteiger partial charge in [0.15, 0.2) is 4.75 Å². The van der Waals surface area contributed by atoms with Crippen LogP contribution >= 0.6 is 15.9 Å². The Morgan fingerprint density at radius 2 is 1.94 bits per heavy atom. The van der Waals surface area contributed by atoms with Crippen LogP contribution in [0.1, 0.15) is 13.8 Å². The van der Waals surface area contributed by atoms with E-state index in [9.17, 15) is 17.6 Å². The molecule has 1 aromatic carbocycles. The maximum Gasteiger partial charge on any atom is 0.263 e. The molecule has 1 aliphatic heterocycles. The summed E-state index contributed by atoms with van der Waals surface area (Å²) >= 11 is 2.96. The van der Waals surface area contributed by atoms with E-state index in [0.29, 0.717) is 4.31 Å². The van der Waals surface area contributed by atoms with E-state index in [-0.39, 0.29) is 10.2 Å². The minimum atomic E-state index is -3.73. The molecule has 1 saturated heterocycles. The first kappa shape index (κ1) is 12.5. The molecule has 1 aromatic rings. The van der Waals surface area contributed by atoms with Crippen LogP contribution in [0, 0.1) is 5.82 Å². The molecule has 1 fully saturated rings. The number of carbonyl (C=O) groups excluding carboxylic acids is 1. The smallest absolute Gasteiger partial charge is 0.263 e. The predicted octanol–water partition coefficient (Wildman–Crippen LogP) is 2.04. The molecule has 0 unspecified atom stereocenters. The van der Waals surface area contributed by atoms with Crippen LogP contribution in [0.3, 0.4) is 0 Å². The lowest BCUT2D eigenvalue weighted by Gasteiger charge is -2.42. The van der Waals surface area contributed by atoms with Crippen molar-refractivity contribution < 1.29 is 17.6 Å². The number of amides is 1. The van der Waals surface area contributed by atoms with Crippen LogP contribution in [0.2, 0.25) is 0 Å². The first-order valence-corrected chi connectivity index (χ1v) is 6.97. The van der Waals surface area contributed by atoms with Gasteiger partial charge in [0.05, 0.1) is 10.2 Å². The summed E-state index contributed by atoms with van der Waals surface area (Å²) in [7, 11) is -3.73. The SMILES string of the molecule is CC1(C)C(=O)N(c2ccc(Br)c(F)c2)S1(=O)=O. The lowest BCUT2D eigenvalue weighted by molar-refractivity contribution is -0.120. The Kier molecular flexibility index (Phi) is 2.59. The van der Waals surface area contributed by atoms with Crippen LogP contribution in [0.5, 0.6) is 0 Å². The van der Waals surface area contributed by atoms with Gasteiger partial charge < -0.3 is 0 Å². The van der Waals surface area contributed by atoms with Crippen LogP contribution in [-0.2, 0) is 14.8 Å². The summed E-state index contributed by atoms with van der Waals surface area (Å²) in [6.45, 7) is 2.66. The monoisotopic (exact) mass is 321 g/mol. The van der Waals surface area contributed by atoms with E-state index in [1.54, 1.807) is 0 Å². The number of hydrogen-bond acceptors (Lipinski definition) is 3. The van der Waals surface area contributed by atoms with Crippen LogP contribution in [0.15, 0.2) is 22.7 Å². The van der Waals surface area contributed by atoms with E-state index in [1.165, 1.54) is 26.0 Å². The van der Waals surface area contributed by atoms with Gasteiger partial charge in [0.2, 0.25) is 0 Å². The zero-order chi connectivity index (χ0) is 13.0. The van der Waals surface area contributed by atoms with Crippen molar-refractivity contribution in [2.75, 3.05) is 4.31 Å². The van der Waals surface area contributed by atoms with Gasteiger partial charge in [-0.05, 0) is 48.0 Å². The van der Waals surface area contributed by atoms with Crippen molar-refractivity contribution in [3.63, 3.8) is 0 Å². The van der Waals surface area contributed by atoms with Gasteiger partial charge in [0, 0.05) is 0 Å². The molecule has 7 heteroatoms. The molecular weight excluding hydrogens is 313 g/mol. The van der Waals surface area contributed by atoms with Gasteiger partial charge in [-0.1, -0.05) is 0 Å². The van der Waals surface area contributed by atoms with Crippen molar-refractivity contribution in [2.45, 2.75) is 18.6 Å². The maximum atomic E-state index is 13.3. The molecule has 92 valence electrons. The molecule has 1 amide bonds. The van der Waals surface area contributed by atoms with Crippen LogP contribution < -0.4 is 4.31 Å². The van der Waals surface area contributed by atoms with Gasteiger partial charge in [-0.3, -0.25) is 4.79 Å². The molecule has 0 atom stereocenters. The molecule has 1 heterocycles. The van der Waals surface area contributed by atoms with E-state index in [0.717, 1.165) is 6.07 Å². The van der Waals surface area contributed by atoms with Crippen molar-refractivity contribution >= 4 is 37.5 Å². The van der Waals surface area contributed by atoms with Crippen LogP contribution in [-0.4, -0.2) is 19.1 Å². The zero-order valence-corrected chi connectivity index (χ0v) is 11.5. The fraction of sp³-hybridized carbons (Fsp3) is 0.300. The lowest BCUT2D eigenvalue weighted by atomic mass is 10.1. The Morgan fingerprint density at radius 1 is 1.35 bits per heavy atom. The lowest BCUT2D eigenvalue weighted by Crippen LogP contribution is -2.67. The van der Waals surface area contributed by atoms with E-state index < -0.39 is 26.5 Å². The largest absolute Gasteiger partial charge is 0.272 e. The van der Waals surface area contributed by atoms with E-state index in [1.807, 2.05) is 0 Å². The third kappa shape index (κ3) is 1.52.